The summed E-state index contributed by atoms with van der Waals surface area (Å²) in [5.74, 6) is 0. The second-order valence-electron chi connectivity index (χ2n) is 7.47. The lowest BCUT2D eigenvalue weighted by Gasteiger charge is -2.27. The maximum Gasteiger partial charge on any atom is 0.0900 e. The Labute approximate surface area is 162 Å². The Morgan fingerprint density at radius 3 is 2.70 bits per heavy atom. The van der Waals surface area contributed by atoms with Crippen molar-refractivity contribution >= 4 is 0 Å². The highest BCUT2D eigenvalue weighted by atomic mass is 16.5. The fraction of sp³-hybridized carbons (Fsp3) is 0.478. The molecule has 1 aliphatic rings. The van der Waals surface area contributed by atoms with Crippen molar-refractivity contribution in [3.63, 3.8) is 0 Å². The minimum atomic E-state index is -0.514. The first-order valence-corrected chi connectivity index (χ1v) is 9.88. The molecule has 0 aliphatic carbocycles. The van der Waals surface area contributed by atoms with Crippen molar-refractivity contribution in [1.29, 1.82) is 0 Å². The van der Waals surface area contributed by atoms with Crippen LogP contribution in [0.2, 0.25) is 0 Å². The number of benzene rings is 2. The van der Waals surface area contributed by atoms with E-state index < -0.39 is 6.10 Å². The monoisotopic (exact) mass is 369 g/mol. The SMILES string of the molecule is Cc1cccc(CN(C[C@@H](O)COCc2ccccc2)C[C@H]2CCCO2)c1. The average Bonchev–Trinajstić information content (AvgIpc) is 3.15. The molecule has 1 fully saturated rings. The summed E-state index contributed by atoms with van der Waals surface area (Å²) in [6.45, 7) is 6.09. The number of aryl methyl sites for hydroxylation is 1. The van der Waals surface area contributed by atoms with Gasteiger partial charge < -0.3 is 14.6 Å². The van der Waals surface area contributed by atoms with Gasteiger partial charge in [-0.2, -0.15) is 0 Å². The summed E-state index contributed by atoms with van der Waals surface area (Å²) in [5, 5.41) is 10.5. The number of aliphatic hydroxyl groups excluding tert-OH is 1. The molecule has 2 aromatic carbocycles. The highest BCUT2D eigenvalue weighted by Gasteiger charge is 2.21. The summed E-state index contributed by atoms with van der Waals surface area (Å²) in [6.07, 6.45) is 1.99. The first-order chi connectivity index (χ1) is 13.2. The van der Waals surface area contributed by atoms with Crippen LogP contribution in [-0.4, -0.2) is 48.5 Å². The molecule has 0 radical (unpaired) electrons. The molecule has 2 atom stereocenters. The summed E-state index contributed by atoms with van der Waals surface area (Å²) in [6, 6.07) is 18.6. The molecule has 1 aliphatic heterocycles. The van der Waals surface area contributed by atoms with E-state index in [1.807, 2.05) is 30.3 Å². The summed E-state index contributed by atoms with van der Waals surface area (Å²) in [4.78, 5) is 2.29. The van der Waals surface area contributed by atoms with Crippen molar-refractivity contribution in [2.75, 3.05) is 26.3 Å². The quantitative estimate of drug-likeness (QED) is 0.695. The summed E-state index contributed by atoms with van der Waals surface area (Å²) in [5.41, 5.74) is 3.65. The van der Waals surface area contributed by atoms with Crippen molar-refractivity contribution in [1.82, 2.24) is 4.90 Å². The van der Waals surface area contributed by atoms with Crippen LogP contribution in [0.1, 0.15) is 29.5 Å². The molecule has 0 amide bonds. The van der Waals surface area contributed by atoms with Gasteiger partial charge in [0.25, 0.3) is 0 Å². The van der Waals surface area contributed by atoms with Gasteiger partial charge in [-0.05, 0) is 30.9 Å². The Balaban J connectivity index is 1.51. The molecule has 2 aromatic rings. The number of ether oxygens (including phenoxy) is 2. The lowest BCUT2D eigenvalue weighted by Crippen LogP contribution is -2.39. The van der Waals surface area contributed by atoms with Crippen LogP contribution in [0.3, 0.4) is 0 Å². The van der Waals surface area contributed by atoms with Crippen LogP contribution < -0.4 is 0 Å². The number of hydrogen-bond donors (Lipinski definition) is 1. The average molecular weight is 370 g/mol. The van der Waals surface area contributed by atoms with Crippen LogP contribution in [0.15, 0.2) is 54.6 Å². The van der Waals surface area contributed by atoms with Crippen LogP contribution in [0, 0.1) is 6.92 Å². The minimum absolute atomic E-state index is 0.271. The number of aliphatic hydroxyl groups is 1. The Hall–Kier alpha value is -1.72. The van der Waals surface area contributed by atoms with E-state index in [0.29, 0.717) is 19.8 Å². The van der Waals surface area contributed by atoms with Crippen LogP contribution in [0.5, 0.6) is 0 Å². The topological polar surface area (TPSA) is 41.9 Å². The van der Waals surface area contributed by atoms with Gasteiger partial charge >= 0.3 is 0 Å². The normalized spacial score (nSPS) is 18.1. The molecule has 0 bridgehead atoms. The maximum atomic E-state index is 10.5. The molecule has 0 unspecified atom stereocenters. The Bertz CT molecular complexity index is 670. The standard InChI is InChI=1S/C23H31NO3/c1-19-7-5-10-21(13-19)14-24(16-23-11-6-12-27-23)15-22(25)18-26-17-20-8-3-2-4-9-20/h2-5,7-10,13,22-23,25H,6,11-12,14-18H2,1H3/t22-,23-/m1/s1. The van der Waals surface area contributed by atoms with Crippen molar-refractivity contribution in [2.24, 2.45) is 0 Å². The van der Waals surface area contributed by atoms with E-state index in [9.17, 15) is 5.11 Å². The van der Waals surface area contributed by atoms with Gasteiger partial charge in [0.2, 0.25) is 0 Å². The van der Waals surface area contributed by atoms with Gasteiger partial charge in [0.1, 0.15) is 0 Å². The zero-order valence-electron chi connectivity index (χ0n) is 16.2. The van der Waals surface area contributed by atoms with Crippen molar-refractivity contribution < 1.29 is 14.6 Å². The predicted octanol–water partition coefficient (Wildman–Crippen LogP) is 3.55. The number of hydrogen-bond acceptors (Lipinski definition) is 4. The minimum Gasteiger partial charge on any atom is -0.389 e. The van der Waals surface area contributed by atoms with Gasteiger partial charge in [-0.3, -0.25) is 4.90 Å². The van der Waals surface area contributed by atoms with Gasteiger partial charge in [0.05, 0.1) is 25.4 Å². The molecule has 1 N–H and O–H groups in total. The zero-order chi connectivity index (χ0) is 18.9. The smallest absolute Gasteiger partial charge is 0.0900 e. The fourth-order valence-corrected chi connectivity index (χ4v) is 3.59. The first-order valence-electron chi connectivity index (χ1n) is 9.88. The van der Waals surface area contributed by atoms with E-state index in [1.165, 1.54) is 11.1 Å². The molecule has 4 nitrogen and oxygen atoms in total. The fourth-order valence-electron chi connectivity index (χ4n) is 3.59. The molecule has 0 spiro atoms. The van der Waals surface area contributed by atoms with E-state index in [0.717, 1.165) is 38.1 Å². The van der Waals surface area contributed by atoms with Crippen LogP contribution in [0.25, 0.3) is 0 Å². The third-order valence-electron chi connectivity index (χ3n) is 4.87. The van der Waals surface area contributed by atoms with Crippen molar-refractivity contribution in [3.05, 3.63) is 71.3 Å². The Kier molecular flexibility index (Phi) is 7.84. The van der Waals surface area contributed by atoms with Crippen LogP contribution in [0.4, 0.5) is 0 Å². The maximum absolute atomic E-state index is 10.5. The van der Waals surface area contributed by atoms with E-state index in [-0.39, 0.29) is 6.10 Å². The second kappa shape index (κ2) is 10.6. The largest absolute Gasteiger partial charge is 0.389 e. The van der Waals surface area contributed by atoms with Crippen LogP contribution >= 0.6 is 0 Å². The third-order valence-corrected chi connectivity index (χ3v) is 4.87. The first kappa shape index (κ1) is 20.0. The highest BCUT2D eigenvalue weighted by molar-refractivity contribution is 5.22. The molecule has 1 heterocycles. The lowest BCUT2D eigenvalue weighted by atomic mass is 10.1. The number of nitrogens with zero attached hydrogens (tertiary/aromatic N) is 1. The molecule has 146 valence electrons. The lowest BCUT2D eigenvalue weighted by molar-refractivity contribution is -0.00287. The Morgan fingerprint density at radius 2 is 1.96 bits per heavy atom. The zero-order valence-corrected chi connectivity index (χ0v) is 16.2. The predicted molar refractivity (Wildman–Crippen MR) is 108 cm³/mol. The van der Waals surface area contributed by atoms with Gasteiger partial charge in [-0.15, -0.1) is 0 Å². The molecule has 3 rings (SSSR count). The van der Waals surface area contributed by atoms with E-state index >= 15 is 0 Å². The van der Waals surface area contributed by atoms with Gasteiger partial charge in [0.15, 0.2) is 0 Å². The second-order valence-corrected chi connectivity index (χ2v) is 7.47. The summed E-state index contributed by atoms with van der Waals surface area (Å²) >= 11 is 0. The highest BCUT2D eigenvalue weighted by Crippen LogP contribution is 2.16. The molecular formula is C23H31NO3. The number of rotatable bonds is 10. The third kappa shape index (κ3) is 7.07. The summed E-state index contributed by atoms with van der Waals surface area (Å²) in [7, 11) is 0. The summed E-state index contributed by atoms with van der Waals surface area (Å²) < 4.78 is 11.5. The van der Waals surface area contributed by atoms with E-state index in [2.05, 4.69) is 36.1 Å². The molecule has 4 heteroatoms. The molecule has 27 heavy (non-hydrogen) atoms. The van der Waals surface area contributed by atoms with E-state index in [1.54, 1.807) is 0 Å². The molecule has 0 saturated carbocycles. The van der Waals surface area contributed by atoms with E-state index in [4.69, 9.17) is 9.47 Å². The molecule has 1 saturated heterocycles. The van der Waals surface area contributed by atoms with Gasteiger partial charge in [0, 0.05) is 26.2 Å². The Morgan fingerprint density at radius 1 is 1.15 bits per heavy atom. The van der Waals surface area contributed by atoms with Crippen molar-refractivity contribution in [2.45, 2.75) is 45.1 Å². The van der Waals surface area contributed by atoms with Crippen molar-refractivity contribution in [3.8, 4) is 0 Å². The van der Waals surface area contributed by atoms with Gasteiger partial charge in [-0.25, -0.2) is 0 Å². The molecule has 0 aromatic heterocycles. The molecular weight excluding hydrogens is 338 g/mol. The van der Waals surface area contributed by atoms with Crippen LogP contribution in [-0.2, 0) is 22.6 Å². The van der Waals surface area contributed by atoms with Gasteiger partial charge in [-0.1, -0.05) is 60.2 Å².